The van der Waals surface area contributed by atoms with Crippen LogP contribution in [-0.2, 0) is 11.2 Å². The molecular weight excluding hydrogens is 242 g/mol. The van der Waals surface area contributed by atoms with E-state index in [4.69, 9.17) is 4.74 Å². The first-order valence-corrected chi connectivity index (χ1v) is 6.73. The van der Waals surface area contributed by atoms with E-state index in [0.717, 1.165) is 11.1 Å². The SMILES string of the molecule is CCN(CC)C(=O)COc1cccc2c1CCC2=O. The van der Waals surface area contributed by atoms with Gasteiger partial charge < -0.3 is 9.64 Å². The predicted molar refractivity (Wildman–Crippen MR) is 72.5 cm³/mol. The number of hydrogen-bond donors (Lipinski definition) is 0. The van der Waals surface area contributed by atoms with E-state index >= 15 is 0 Å². The summed E-state index contributed by atoms with van der Waals surface area (Å²) in [5.41, 5.74) is 1.69. The quantitative estimate of drug-likeness (QED) is 0.815. The van der Waals surface area contributed by atoms with Gasteiger partial charge in [-0.15, -0.1) is 0 Å². The first-order chi connectivity index (χ1) is 9.17. The molecule has 0 N–H and O–H groups in total. The van der Waals surface area contributed by atoms with Crippen LogP contribution in [0.15, 0.2) is 18.2 Å². The Balaban J connectivity index is 2.05. The lowest BCUT2D eigenvalue weighted by Gasteiger charge is -2.19. The van der Waals surface area contributed by atoms with Gasteiger partial charge in [-0.25, -0.2) is 0 Å². The summed E-state index contributed by atoms with van der Waals surface area (Å²) in [6.45, 7) is 5.29. The van der Waals surface area contributed by atoms with Gasteiger partial charge in [0, 0.05) is 30.6 Å². The van der Waals surface area contributed by atoms with Gasteiger partial charge in [-0.1, -0.05) is 12.1 Å². The smallest absolute Gasteiger partial charge is 0.260 e. The molecule has 0 atom stereocenters. The molecule has 0 bridgehead atoms. The van der Waals surface area contributed by atoms with Gasteiger partial charge in [0.25, 0.3) is 5.91 Å². The Hall–Kier alpha value is -1.84. The van der Waals surface area contributed by atoms with E-state index in [2.05, 4.69) is 0 Å². The van der Waals surface area contributed by atoms with Crippen LogP contribution in [0.3, 0.4) is 0 Å². The molecule has 1 amide bonds. The summed E-state index contributed by atoms with van der Waals surface area (Å²) in [6, 6.07) is 5.45. The highest BCUT2D eigenvalue weighted by Gasteiger charge is 2.23. The van der Waals surface area contributed by atoms with Crippen LogP contribution < -0.4 is 4.74 Å². The Morgan fingerprint density at radius 2 is 2.00 bits per heavy atom. The van der Waals surface area contributed by atoms with Gasteiger partial charge in [-0.2, -0.15) is 0 Å². The highest BCUT2D eigenvalue weighted by Crippen LogP contribution is 2.30. The van der Waals surface area contributed by atoms with E-state index < -0.39 is 0 Å². The van der Waals surface area contributed by atoms with Crippen molar-refractivity contribution in [3.63, 3.8) is 0 Å². The summed E-state index contributed by atoms with van der Waals surface area (Å²) < 4.78 is 5.60. The molecule has 19 heavy (non-hydrogen) atoms. The number of carbonyl (C=O) groups is 2. The minimum Gasteiger partial charge on any atom is -0.483 e. The number of likely N-dealkylation sites (N-methyl/N-ethyl adjacent to an activating group) is 1. The third-order valence-electron chi connectivity index (χ3n) is 3.50. The third-order valence-corrected chi connectivity index (χ3v) is 3.50. The second-order valence-corrected chi connectivity index (χ2v) is 4.56. The molecule has 0 spiro atoms. The molecule has 0 aromatic heterocycles. The summed E-state index contributed by atoms with van der Waals surface area (Å²) in [6.07, 6.45) is 1.25. The molecule has 1 aliphatic carbocycles. The minimum absolute atomic E-state index is 0.0214. The second kappa shape index (κ2) is 5.87. The van der Waals surface area contributed by atoms with E-state index in [9.17, 15) is 9.59 Å². The summed E-state index contributed by atoms with van der Waals surface area (Å²) in [5, 5.41) is 0. The maximum atomic E-state index is 11.9. The van der Waals surface area contributed by atoms with Crippen LogP contribution in [0.25, 0.3) is 0 Å². The van der Waals surface area contributed by atoms with Crippen LogP contribution in [0.5, 0.6) is 5.75 Å². The minimum atomic E-state index is -0.0214. The maximum absolute atomic E-state index is 11.9. The lowest BCUT2D eigenvalue weighted by atomic mass is 10.1. The van der Waals surface area contributed by atoms with Gasteiger partial charge in [0.1, 0.15) is 5.75 Å². The van der Waals surface area contributed by atoms with Crippen molar-refractivity contribution >= 4 is 11.7 Å². The Morgan fingerprint density at radius 1 is 1.26 bits per heavy atom. The van der Waals surface area contributed by atoms with Gasteiger partial charge in [0.05, 0.1) is 0 Å². The molecule has 0 aliphatic heterocycles. The lowest BCUT2D eigenvalue weighted by Crippen LogP contribution is -2.34. The monoisotopic (exact) mass is 261 g/mol. The van der Waals surface area contributed by atoms with Crippen molar-refractivity contribution in [3.05, 3.63) is 29.3 Å². The van der Waals surface area contributed by atoms with Gasteiger partial charge in [0.2, 0.25) is 0 Å². The molecule has 0 saturated heterocycles. The first kappa shape index (κ1) is 13.6. The molecule has 1 aliphatic rings. The molecule has 0 radical (unpaired) electrons. The van der Waals surface area contributed by atoms with E-state index in [0.29, 0.717) is 31.7 Å². The number of nitrogens with zero attached hydrogens (tertiary/aromatic N) is 1. The molecule has 0 heterocycles. The molecule has 1 aromatic rings. The number of ether oxygens (including phenoxy) is 1. The Morgan fingerprint density at radius 3 is 2.68 bits per heavy atom. The number of fused-ring (bicyclic) bond motifs is 1. The van der Waals surface area contributed by atoms with Gasteiger partial charge in [0.15, 0.2) is 12.4 Å². The number of Topliss-reactive ketones (excluding diaryl/α,β-unsaturated/α-hetero) is 1. The number of hydrogen-bond acceptors (Lipinski definition) is 3. The Kier molecular flexibility index (Phi) is 4.20. The highest BCUT2D eigenvalue weighted by atomic mass is 16.5. The number of benzene rings is 1. The maximum Gasteiger partial charge on any atom is 0.260 e. The van der Waals surface area contributed by atoms with E-state index in [-0.39, 0.29) is 18.3 Å². The molecule has 0 fully saturated rings. The topological polar surface area (TPSA) is 46.6 Å². The highest BCUT2D eigenvalue weighted by molar-refractivity contribution is 6.01. The average Bonchev–Trinajstić information content (AvgIpc) is 2.80. The van der Waals surface area contributed by atoms with E-state index in [1.54, 1.807) is 11.0 Å². The lowest BCUT2D eigenvalue weighted by molar-refractivity contribution is -0.132. The van der Waals surface area contributed by atoms with Crippen molar-refractivity contribution in [2.24, 2.45) is 0 Å². The fourth-order valence-corrected chi connectivity index (χ4v) is 2.40. The number of amides is 1. The van der Waals surface area contributed by atoms with Crippen LogP contribution in [-0.4, -0.2) is 36.3 Å². The van der Waals surface area contributed by atoms with E-state index in [1.807, 2.05) is 26.0 Å². The predicted octanol–water partition coefficient (Wildman–Crippen LogP) is 2.06. The zero-order valence-electron chi connectivity index (χ0n) is 11.4. The van der Waals surface area contributed by atoms with Gasteiger partial charge in [-0.3, -0.25) is 9.59 Å². The average molecular weight is 261 g/mol. The molecule has 102 valence electrons. The summed E-state index contributed by atoms with van der Waals surface area (Å²) >= 11 is 0. The van der Waals surface area contributed by atoms with Crippen LogP contribution in [0, 0.1) is 0 Å². The van der Waals surface area contributed by atoms with Crippen LogP contribution in [0.4, 0.5) is 0 Å². The van der Waals surface area contributed by atoms with Crippen molar-refractivity contribution in [3.8, 4) is 5.75 Å². The van der Waals surface area contributed by atoms with Crippen molar-refractivity contribution in [1.82, 2.24) is 4.90 Å². The van der Waals surface area contributed by atoms with Crippen molar-refractivity contribution < 1.29 is 14.3 Å². The number of rotatable bonds is 5. The zero-order chi connectivity index (χ0) is 13.8. The van der Waals surface area contributed by atoms with Gasteiger partial charge in [-0.05, 0) is 26.3 Å². The van der Waals surface area contributed by atoms with Gasteiger partial charge >= 0.3 is 0 Å². The molecule has 4 nitrogen and oxygen atoms in total. The molecule has 4 heteroatoms. The van der Waals surface area contributed by atoms with Crippen LogP contribution in [0.1, 0.15) is 36.2 Å². The first-order valence-electron chi connectivity index (χ1n) is 6.73. The standard InChI is InChI=1S/C15H19NO3/c1-3-16(4-2)15(18)10-19-14-7-5-6-11-12(14)8-9-13(11)17/h5-7H,3-4,8-10H2,1-2H3. The molecule has 0 unspecified atom stereocenters. The van der Waals surface area contributed by atoms with E-state index in [1.165, 1.54) is 0 Å². The fraction of sp³-hybridized carbons (Fsp3) is 0.467. The summed E-state index contributed by atoms with van der Waals surface area (Å²) in [4.78, 5) is 25.2. The van der Waals surface area contributed by atoms with Crippen molar-refractivity contribution in [2.45, 2.75) is 26.7 Å². The van der Waals surface area contributed by atoms with Crippen molar-refractivity contribution in [1.29, 1.82) is 0 Å². The van der Waals surface area contributed by atoms with Crippen molar-refractivity contribution in [2.75, 3.05) is 19.7 Å². The second-order valence-electron chi connectivity index (χ2n) is 4.56. The molecular formula is C15H19NO3. The summed E-state index contributed by atoms with van der Waals surface area (Å²) in [7, 11) is 0. The third kappa shape index (κ3) is 2.78. The zero-order valence-corrected chi connectivity index (χ0v) is 11.4. The largest absolute Gasteiger partial charge is 0.483 e. The Bertz CT molecular complexity index is 492. The molecule has 1 aromatic carbocycles. The molecule has 0 saturated carbocycles. The summed E-state index contributed by atoms with van der Waals surface area (Å²) in [5.74, 6) is 0.811. The normalized spacial score (nSPS) is 13.3. The van der Waals surface area contributed by atoms with Crippen LogP contribution >= 0.6 is 0 Å². The number of carbonyl (C=O) groups excluding carboxylic acids is 2. The Labute approximate surface area is 113 Å². The fourth-order valence-electron chi connectivity index (χ4n) is 2.40. The number of ketones is 1. The van der Waals surface area contributed by atoms with Crippen LogP contribution in [0.2, 0.25) is 0 Å². The molecule has 2 rings (SSSR count).